The largest absolute Gasteiger partial charge is 0.383 e. The number of nitrogens with two attached hydrogens (primary N) is 1. The predicted octanol–water partition coefficient (Wildman–Crippen LogP) is 2.59. The lowest BCUT2D eigenvalue weighted by molar-refractivity contribution is 0.574. The van der Waals surface area contributed by atoms with Gasteiger partial charge in [0, 0.05) is 19.3 Å². The van der Waals surface area contributed by atoms with Crippen LogP contribution in [0.15, 0.2) is 30.5 Å². The zero-order chi connectivity index (χ0) is 14.9. The van der Waals surface area contributed by atoms with Gasteiger partial charge in [0.05, 0.1) is 11.1 Å². The van der Waals surface area contributed by atoms with Crippen molar-refractivity contribution in [1.29, 1.82) is 0 Å². The lowest BCUT2D eigenvalue weighted by Gasteiger charge is -2.27. The number of anilines is 2. The number of H-pyrrole nitrogens is 1. The maximum absolute atomic E-state index is 5.92. The second-order valence-corrected chi connectivity index (χ2v) is 5.61. The first-order chi connectivity index (χ1) is 10.8. The number of aromatic amines is 1. The van der Waals surface area contributed by atoms with Gasteiger partial charge in [0.25, 0.3) is 0 Å². The van der Waals surface area contributed by atoms with Gasteiger partial charge in [0.1, 0.15) is 17.5 Å². The number of aromatic nitrogens is 4. The van der Waals surface area contributed by atoms with E-state index >= 15 is 0 Å². The lowest BCUT2D eigenvalue weighted by atomic mass is 10.1. The standard InChI is InChI=1S/C16H18N6/c17-14-11(5-4-8-18-14)15-19-12-6-7-13(20-16(12)21-15)22-9-2-1-3-10-22/h4-8H,1-3,9-10H2,(H2,17,18)(H,19,20,21). The topological polar surface area (TPSA) is 83.7 Å². The summed E-state index contributed by atoms with van der Waals surface area (Å²) >= 11 is 0. The Kier molecular flexibility index (Phi) is 3.14. The minimum atomic E-state index is 0.470. The molecule has 0 radical (unpaired) electrons. The van der Waals surface area contributed by atoms with E-state index in [9.17, 15) is 0 Å². The molecule has 3 N–H and O–H groups in total. The number of pyridine rings is 2. The van der Waals surface area contributed by atoms with Crippen molar-refractivity contribution >= 4 is 22.8 Å². The van der Waals surface area contributed by atoms with Gasteiger partial charge in [-0.05, 0) is 43.5 Å². The van der Waals surface area contributed by atoms with Crippen LogP contribution in [0.25, 0.3) is 22.6 Å². The average molecular weight is 294 g/mol. The number of hydrogen-bond acceptors (Lipinski definition) is 5. The van der Waals surface area contributed by atoms with Crippen molar-refractivity contribution < 1.29 is 0 Å². The molecule has 0 saturated carbocycles. The van der Waals surface area contributed by atoms with Crippen LogP contribution in [0.5, 0.6) is 0 Å². The first-order valence-corrected chi connectivity index (χ1v) is 7.64. The number of nitrogen functional groups attached to an aromatic ring is 1. The molecule has 0 atom stereocenters. The fraction of sp³-hybridized carbons (Fsp3) is 0.312. The number of imidazole rings is 1. The minimum absolute atomic E-state index is 0.470. The Bertz CT molecular complexity index is 803. The summed E-state index contributed by atoms with van der Waals surface area (Å²) in [5.41, 5.74) is 8.37. The second-order valence-electron chi connectivity index (χ2n) is 5.61. The molecule has 1 aliphatic heterocycles. The highest BCUT2D eigenvalue weighted by atomic mass is 15.2. The summed E-state index contributed by atoms with van der Waals surface area (Å²) < 4.78 is 0. The first-order valence-electron chi connectivity index (χ1n) is 7.64. The first kappa shape index (κ1) is 13.1. The van der Waals surface area contributed by atoms with Crippen LogP contribution in [-0.2, 0) is 0 Å². The molecule has 1 fully saturated rings. The maximum atomic E-state index is 5.92. The molecule has 6 nitrogen and oxygen atoms in total. The molecule has 0 unspecified atom stereocenters. The summed E-state index contributed by atoms with van der Waals surface area (Å²) in [6, 6.07) is 7.86. The van der Waals surface area contributed by atoms with Crippen molar-refractivity contribution in [1.82, 2.24) is 19.9 Å². The number of piperidine rings is 1. The number of nitrogens with one attached hydrogen (secondary N) is 1. The van der Waals surface area contributed by atoms with Crippen LogP contribution in [0.1, 0.15) is 19.3 Å². The second kappa shape index (κ2) is 5.29. The molecule has 6 heteroatoms. The Morgan fingerprint density at radius 3 is 2.73 bits per heavy atom. The van der Waals surface area contributed by atoms with Crippen molar-refractivity contribution in [3.63, 3.8) is 0 Å². The SMILES string of the molecule is Nc1ncccc1-c1nc2nc(N3CCCCC3)ccc2[nH]1. The Balaban J connectivity index is 1.73. The van der Waals surface area contributed by atoms with E-state index in [2.05, 4.69) is 25.9 Å². The third-order valence-electron chi connectivity index (χ3n) is 4.10. The molecule has 0 aromatic carbocycles. The zero-order valence-corrected chi connectivity index (χ0v) is 12.3. The van der Waals surface area contributed by atoms with Gasteiger partial charge in [-0.1, -0.05) is 0 Å². The predicted molar refractivity (Wildman–Crippen MR) is 87.6 cm³/mol. The molecule has 22 heavy (non-hydrogen) atoms. The van der Waals surface area contributed by atoms with E-state index in [0.29, 0.717) is 11.6 Å². The van der Waals surface area contributed by atoms with Crippen molar-refractivity contribution in [3.05, 3.63) is 30.5 Å². The van der Waals surface area contributed by atoms with Crippen LogP contribution in [0.4, 0.5) is 11.6 Å². The number of fused-ring (bicyclic) bond motifs is 1. The average Bonchev–Trinajstić information content (AvgIpc) is 2.99. The molecule has 4 rings (SSSR count). The van der Waals surface area contributed by atoms with Crippen LogP contribution in [0.2, 0.25) is 0 Å². The lowest BCUT2D eigenvalue weighted by Crippen LogP contribution is -2.30. The van der Waals surface area contributed by atoms with Crippen molar-refractivity contribution in [2.75, 3.05) is 23.7 Å². The van der Waals surface area contributed by atoms with E-state index in [4.69, 9.17) is 10.7 Å². The Hall–Kier alpha value is -2.63. The maximum Gasteiger partial charge on any atom is 0.180 e. The van der Waals surface area contributed by atoms with Crippen LogP contribution < -0.4 is 10.6 Å². The van der Waals surface area contributed by atoms with Crippen LogP contribution in [-0.4, -0.2) is 33.0 Å². The van der Waals surface area contributed by atoms with E-state index < -0.39 is 0 Å². The number of nitrogens with zero attached hydrogens (tertiary/aromatic N) is 4. The molecule has 0 amide bonds. The van der Waals surface area contributed by atoms with Crippen molar-refractivity contribution in [2.24, 2.45) is 0 Å². The zero-order valence-electron chi connectivity index (χ0n) is 12.3. The summed E-state index contributed by atoms with van der Waals surface area (Å²) in [7, 11) is 0. The van der Waals surface area contributed by atoms with Gasteiger partial charge in [-0.15, -0.1) is 0 Å². The molecular formula is C16H18N6. The van der Waals surface area contributed by atoms with E-state index in [1.807, 2.05) is 18.2 Å². The highest BCUT2D eigenvalue weighted by Gasteiger charge is 2.14. The van der Waals surface area contributed by atoms with Gasteiger partial charge in [0.2, 0.25) is 0 Å². The molecule has 3 aromatic heterocycles. The molecule has 0 bridgehead atoms. The molecule has 0 spiro atoms. The van der Waals surface area contributed by atoms with Crippen molar-refractivity contribution in [3.8, 4) is 11.4 Å². The molecular weight excluding hydrogens is 276 g/mol. The van der Waals surface area contributed by atoms with Crippen LogP contribution >= 0.6 is 0 Å². The molecule has 1 saturated heterocycles. The highest BCUT2D eigenvalue weighted by Crippen LogP contribution is 2.25. The number of rotatable bonds is 2. The summed E-state index contributed by atoms with van der Waals surface area (Å²) in [5.74, 6) is 2.19. The van der Waals surface area contributed by atoms with Gasteiger partial charge in [-0.3, -0.25) is 0 Å². The summed E-state index contributed by atoms with van der Waals surface area (Å²) in [5, 5.41) is 0. The molecule has 3 aromatic rings. The highest BCUT2D eigenvalue weighted by molar-refractivity contribution is 5.80. The fourth-order valence-corrected chi connectivity index (χ4v) is 2.93. The third kappa shape index (κ3) is 2.26. The minimum Gasteiger partial charge on any atom is -0.383 e. The third-order valence-corrected chi connectivity index (χ3v) is 4.10. The Morgan fingerprint density at radius 1 is 1.05 bits per heavy atom. The molecule has 112 valence electrons. The van der Waals surface area contributed by atoms with Gasteiger partial charge in [-0.2, -0.15) is 0 Å². The van der Waals surface area contributed by atoms with E-state index in [1.54, 1.807) is 6.20 Å². The number of hydrogen-bond donors (Lipinski definition) is 2. The Morgan fingerprint density at radius 2 is 1.91 bits per heavy atom. The van der Waals surface area contributed by atoms with Gasteiger partial charge >= 0.3 is 0 Å². The van der Waals surface area contributed by atoms with Gasteiger partial charge in [-0.25, -0.2) is 15.0 Å². The molecule has 1 aliphatic rings. The Labute approximate surface area is 128 Å². The van der Waals surface area contributed by atoms with Gasteiger partial charge < -0.3 is 15.6 Å². The summed E-state index contributed by atoms with van der Waals surface area (Å²) in [4.78, 5) is 19.0. The molecule has 4 heterocycles. The monoisotopic (exact) mass is 294 g/mol. The quantitative estimate of drug-likeness (QED) is 0.759. The summed E-state index contributed by atoms with van der Waals surface area (Å²) in [6.45, 7) is 2.15. The molecule has 0 aliphatic carbocycles. The van der Waals surface area contributed by atoms with E-state index in [1.165, 1.54) is 19.3 Å². The van der Waals surface area contributed by atoms with Crippen molar-refractivity contribution in [2.45, 2.75) is 19.3 Å². The van der Waals surface area contributed by atoms with E-state index in [-0.39, 0.29) is 0 Å². The van der Waals surface area contributed by atoms with E-state index in [0.717, 1.165) is 35.6 Å². The normalized spacial score (nSPS) is 15.4. The van der Waals surface area contributed by atoms with Crippen LogP contribution in [0.3, 0.4) is 0 Å². The summed E-state index contributed by atoms with van der Waals surface area (Å²) in [6.07, 6.45) is 5.45. The van der Waals surface area contributed by atoms with Gasteiger partial charge in [0.15, 0.2) is 5.65 Å². The van der Waals surface area contributed by atoms with Crippen LogP contribution in [0, 0.1) is 0 Å². The smallest absolute Gasteiger partial charge is 0.180 e. The fourth-order valence-electron chi connectivity index (χ4n) is 2.93.